The summed E-state index contributed by atoms with van der Waals surface area (Å²) in [5.41, 5.74) is 2.24. The van der Waals surface area contributed by atoms with Gasteiger partial charge in [0.25, 0.3) is 0 Å². The zero-order chi connectivity index (χ0) is 16.9. The van der Waals surface area contributed by atoms with Crippen LogP contribution in [0.2, 0.25) is 0 Å². The molecule has 1 aliphatic carbocycles. The summed E-state index contributed by atoms with van der Waals surface area (Å²) in [5.74, 6) is 2.65. The number of ether oxygens (including phenoxy) is 1. The largest absolute Gasteiger partial charge is 0.444 e. The Morgan fingerprint density at radius 1 is 1.36 bits per heavy atom. The predicted octanol–water partition coefficient (Wildman–Crippen LogP) is 4.91. The number of allylic oxidation sites excluding steroid dienone is 3. The van der Waals surface area contributed by atoms with E-state index in [1.165, 1.54) is 5.57 Å². The van der Waals surface area contributed by atoms with Crippen LogP contribution < -0.4 is 0 Å². The predicted molar refractivity (Wildman–Crippen MR) is 92.2 cm³/mol. The molecule has 0 heterocycles. The lowest BCUT2D eigenvalue weighted by atomic mass is 10.1. The quantitative estimate of drug-likeness (QED) is 0.379. The van der Waals surface area contributed by atoms with Gasteiger partial charge in [0.1, 0.15) is 0 Å². The van der Waals surface area contributed by atoms with E-state index in [-0.39, 0.29) is 23.2 Å². The molecule has 0 aromatic carbocycles. The van der Waals surface area contributed by atoms with E-state index >= 15 is 0 Å². The molecular formula is C20H30O2. The third-order valence-corrected chi connectivity index (χ3v) is 4.50. The van der Waals surface area contributed by atoms with Crippen molar-refractivity contribution in [1.82, 2.24) is 0 Å². The highest BCUT2D eigenvalue weighted by atomic mass is 16.5. The lowest BCUT2D eigenvalue weighted by Crippen LogP contribution is -2.21. The minimum atomic E-state index is -0.521. The van der Waals surface area contributed by atoms with Gasteiger partial charge in [0.15, 0.2) is 6.10 Å². The SMILES string of the molecule is C#CC(OC(=O)C1C(C=C(C)C)C1(C)C)/C(=C/CCC)CC. The Morgan fingerprint density at radius 2 is 2.00 bits per heavy atom. The first-order valence-electron chi connectivity index (χ1n) is 8.30. The smallest absolute Gasteiger partial charge is 0.311 e. The van der Waals surface area contributed by atoms with Crippen LogP contribution in [-0.4, -0.2) is 12.1 Å². The van der Waals surface area contributed by atoms with E-state index in [0.717, 1.165) is 24.8 Å². The molecular weight excluding hydrogens is 272 g/mol. The van der Waals surface area contributed by atoms with E-state index in [9.17, 15) is 4.79 Å². The van der Waals surface area contributed by atoms with Crippen molar-refractivity contribution in [3.63, 3.8) is 0 Å². The molecule has 1 saturated carbocycles. The van der Waals surface area contributed by atoms with Gasteiger partial charge in [-0.1, -0.05) is 57.8 Å². The summed E-state index contributed by atoms with van der Waals surface area (Å²) in [5, 5.41) is 0. The van der Waals surface area contributed by atoms with Crippen LogP contribution >= 0.6 is 0 Å². The third-order valence-electron chi connectivity index (χ3n) is 4.50. The van der Waals surface area contributed by atoms with Crippen LogP contribution in [-0.2, 0) is 9.53 Å². The van der Waals surface area contributed by atoms with Crippen molar-refractivity contribution in [3.8, 4) is 12.3 Å². The first-order valence-corrected chi connectivity index (χ1v) is 8.30. The van der Waals surface area contributed by atoms with Gasteiger partial charge in [-0.15, -0.1) is 6.42 Å². The number of terminal acetylenes is 1. The van der Waals surface area contributed by atoms with Crippen LogP contribution in [0.3, 0.4) is 0 Å². The van der Waals surface area contributed by atoms with Crippen molar-refractivity contribution in [2.45, 2.75) is 66.9 Å². The molecule has 0 aliphatic heterocycles. The van der Waals surface area contributed by atoms with Gasteiger partial charge in [0, 0.05) is 0 Å². The van der Waals surface area contributed by atoms with Gasteiger partial charge in [0.05, 0.1) is 5.92 Å². The second kappa shape index (κ2) is 7.68. The Bertz CT molecular complexity index is 498. The molecule has 2 nitrogen and oxygen atoms in total. The molecule has 0 saturated heterocycles. The molecule has 3 unspecified atom stereocenters. The van der Waals surface area contributed by atoms with Crippen LogP contribution in [0.15, 0.2) is 23.3 Å². The van der Waals surface area contributed by atoms with Crippen LogP contribution in [0.4, 0.5) is 0 Å². The fraction of sp³-hybridized carbons (Fsp3) is 0.650. The lowest BCUT2D eigenvalue weighted by molar-refractivity contribution is -0.147. The summed E-state index contributed by atoms with van der Waals surface area (Å²) < 4.78 is 5.65. The number of carbonyl (C=O) groups is 1. The van der Waals surface area contributed by atoms with Gasteiger partial charge < -0.3 is 4.74 Å². The minimum absolute atomic E-state index is 0.0347. The molecule has 1 rings (SSSR count). The monoisotopic (exact) mass is 302 g/mol. The number of hydrogen-bond acceptors (Lipinski definition) is 2. The minimum Gasteiger partial charge on any atom is -0.444 e. The van der Waals surface area contributed by atoms with E-state index in [1.54, 1.807) is 0 Å². The van der Waals surface area contributed by atoms with E-state index in [2.05, 4.69) is 52.7 Å². The molecule has 1 fully saturated rings. The van der Waals surface area contributed by atoms with Crippen molar-refractivity contribution in [3.05, 3.63) is 23.3 Å². The van der Waals surface area contributed by atoms with Crippen molar-refractivity contribution in [2.75, 3.05) is 0 Å². The third kappa shape index (κ3) is 4.26. The Balaban J connectivity index is 2.79. The maximum atomic E-state index is 12.5. The van der Waals surface area contributed by atoms with Gasteiger partial charge in [-0.25, -0.2) is 0 Å². The first kappa shape index (κ1) is 18.6. The molecule has 0 amide bonds. The summed E-state index contributed by atoms with van der Waals surface area (Å²) in [7, 11) is 0. The number of carbonyl (C=O) groups excluding carboxylic acids is 1. The molecule has 0 N–H and O–H groups in total. The average molecular weight is 302 g/mol. The Labute approximate surface area is 136 Å². The highest BCUT2D eigenvalue weighted by Gasteiger charge is 2.61. The van der Waals surface area contributed by atoms with Crippen LogP contribution in [0.25, 0.3) is 0 Å². The summed E-state index contributed by atoms with van der Waals surface area (Å²) in [4.78, 5) is 12.5. The van der Waals surface area contributed by atoms with E-state index in [1.807, 2.05) is 6.92 Å². The molecule has 0 aromatic heterocycles. The topological polar surface area (TPSA) is 26.3 Å². The molecule has 0 aromatic rings. The zero-order valence-corrected chi connectivity index (χ0v) is 14.9. The van der Waals surface area contributed by atoms with Crippen molar-refractivity contribution >= 4 is 5.97 Å². The number of esters is 1. The second-order valence-corrected chi connectivity index (χ2v) is 6.97. The lowest BCUT2D eigenvalue weighted by Gasteiger charge is -2.16. The molecule has 0 bridgehead atoms. The normalized spacial score (nSPS) is 24.1. The summed E-state index contributed by atoms with van der Waals surface area (Å²) in [6.45, 7) is 12.5. The first-order chi connectivity index (χ1) is 10.3. The average Bonchev–Trinajstić information content (AvgIpc) is 2.98. The van der Waals surface area contributed by atoms with Gasteiger partial charge >= 0.3 is 5.97 Å². The Hall–Kier alpha value is -1.49. The number of unbranched alkanes of at least 4 members (excludes halogenated alkanes) is 1. The van der Waals surface area contributed by atoms with E-state index in [4.69, 9.17) is 11.2 Å². The fourth-order valence-corrected chi connectivity index (χ4v) is 2.97. The second-order valence-electron chi connectivity index (χ2n) is 6.97. The van der Waals surface area contributed by atoms with Crippen molar-refractivity contribution in [2.24, 2.45) is 17.3 Å². The molecule has 2 heteroatoms. The highest BCUT2D eigenvalue weighted by Crippen LogP contribution is 2.60. The standard InChI is InChI=1S/C20H30O2/c1-8-11-12-15(9-2)17(10-3)22-19(21)18-16(13-14(4)5)20(18,6)7/h3,12-13,16-18H,8-9,11H2,1-2,4-7H3/b15-12+. The summed E-state index contributed by atoms with van der Waals surface area (Å²) in [6, 6.07) is 0. The van der Waals surface area contributed by atoms with Gasteiger partial charge in [-0.2, -0.15) is 0 Å². The van der Waals surface area contributed by atoms with Crippen LogP contribution in [0.1, 0.15) is 60.8 Å². The molecule has 3 atom stereocenters. The van der Waals surface area contributed by atoms with E-state index < -0.39 is 6.10 Å². The van der Waals surface area contributed by atoms with Gasteiger partial charge in [-0.3, -0.25) is 4.79 Å². The van der Waals surface area contributed by atoms with Crippen molar-refractivity contribution in [1.29, 1.82) is 0 Å². The maximum absolute atomic E-state index is 12.5. The summed E-state index contributed by atoms with van der Waals surface area (Å²) in [6.07, 6.45) is 12.2. The van der Waals surface area contributed by atoms with Gasteiger partial charge in [0.2, 0.25) is 0 Å². The van der Waals surface area contributed by atoms with Gasteiger partial charge in [-0.05, 0) is 43.6 Å². The Morgan fingerprint density at radius 3 is 2.45 bits per heavy atom. The highest BCUT2D eigenvalue weighted by molar-refractivity contribution is 5.79. The van der Waals surface area contributed by atoms with Crippen LogP contribution in [0.5, 0.6) is 0 Å². The summed E-state index contributed by atoms with van der Waals surface area (Å²) >= 11 is 0. The maximum Gasteiger partial charge on any atom is 0.311 e. The molecule has 0 radical (unpaired) electrons. The Kier molecular flexibility index (Phi) is 6.48. The van der Waals surface area contributed by atoms with E-state index in [0.29, 0.717) is 0 Å². The molecule has 22 heavy (non-hydrogen) atoms. The fourth-order valence-electron chi connectivity index (χ4n) is 2.97. The molecule has 1 aliphatic rings. The number of hydrogen-bond donors (Lipinski definition) is 0. The van der Waals surface area contributed by atoms with Crippen molar-refractivity contribution < 1.29 is 9.53 Å². The zero-order valence-electron chi connectivity index (χ0n) is 14.9. The molecule has 122 valence electrons. The number of rotatable bonds is 7. The molecule has 0 spiro atoms. The van der Waals surface area contributed by atoms with Crippen LogP contribution in [0, 0.1) is 29.6 Å².